The van der Waals surface area contributed by atoms with Crippen LogP contribution in [0.2, 0.25) is 0 Å². The molecule has 0 bridgehead atoms. The van der Waals surface area contributed by atoms with Crippen LogP contribution in [0.15, 0.2) is 30.3 Å². The van der Waals surface area contributed by atoms with Gasteiger partial charge < -0.3 is 15.0 Å². The monoisotopic (exact) mass is 510 g/mol. The van der Waals surface area contributed by atoms with Crippen molar-refractivity contribution in [2.75, 3.05) is 43.3 Å². The Hall–Kier alpha value is -3.51. The van der Waals surface area contributed by atoms with Crippen LogP contribution in [0, 0.1) is 13.8 Å². The molecule has 1 N–H and O–H groups in total. The van der Waals surface area contributed by atoms with Crippen molar-refractivity contribution < 1.29 is 13.2 Å². The van der Waals surface area contributed by atoms with Crippen LogP contribution in [0.5, 0.6) is 0 Å². The van der Waals surface area contributed by atoms with Crippen molar-refractivity contribution in [1.29, 1.82) is 0 Å². The number of para-hydroxylation sites is 2. The molecule has 1 fully saturated rings. The first-order valence-corrected chi connectivity index (χ1v) is 13.8. The van der Waals surface area contributed by atoms with Crippen molar-refractivity contribution in [1.82, 2.24) is 29.3 Å². The molecule has 36 heavy (non-hydrogen) atoms. The van der Waals surface area contributed by atoms with E-state index in [2.05, 4.69) is 22.2 Å². The van der Waals surface area contributed by atoms with Gasteiger partial charge in [-0.2, -0.15) is 10.1 Å². The molecule has 4 heterocycles. The summed E-state index contributed by atoms with van der Waals surface area (Å²) in [5.74, 6) is 1.66. The molecule has 4 aromatic rings. The molecule has 1 saturated heterocycles. The van der Waals surface area contributed by atoms with Crippen LogP contribution in [0.3, 0.4) is 0 Å². The number of sulfone groups is 1. The Labute approximate surface area is 210 Å². The number of hydrogen-bond donors (Lipinski definition) is 1. The maximum atomic E-state index is 12.0. The standard InChI is InChI=1S/C24H30N8O3S/c1-15-13-35-11-10-30(15)21-12-19(22-16(2)29-31(17(22)3)14-36(5,33)34)27-24(28-21)32-20-9-7-6-8-18(20)26-23(32)25-4/h6-9,12,15H,10-11,13-14H2,1-5H3,(H,25,26)/t15-/m1/s1. The second-order valence-corrected chi connectivity index (χ2v) is 11.2. The van der Waals surface area contributed by atoms with Crippen molar-refractivity contribution >= 4 is 32.6 Å². The minimum absolute atomic E-state index is 0.132. The van der Waals surface area contributed by atoms with Gasteiger partial charge in [-0.3, -0.25) is 4.68 Å². The van der Waals surface area contributed by atoms with E-state index in [1.807, 2.05) is 55.8 Å². The first kappa shape index (κ1) is 24.2. The SMILES string of the molecule is CNc1nc2ccccc2n1-c1nc(-c2c(C)nn(CS(C)(=O)=O)c2C)cc(N2CCOC[C@H]2C)n1. The van der Waals surface area contributed by atoms with Crippen molar-refractivity contribution in [2.24, 2.45) is 0 Å². The highest BCUT2D eigenvalue weighted by molar-refractivity contribution is 7.89. The van der Waals surface area contributed by atoms with E-state index in [0.29, 0.717) is 43.0 Å². The predicted molar refractivity (Wildman–Crippen MR) is 139 cm³/mol. The molecule has 1 aliphatic heterocycles. The number of morpholine rings is 1. The van der Waals surface area contributed by atoms with Crippen LogP contribution >= 0.6 is 0 Å². The fraction of sp³-hybridized carbons (Fsp3) is 0.417. The smallest absolute Gasteiger partial charge is 0.239 e. The zero-order valence-electron chi connectivity index (χ0n) is 21.1. The molecule has 0 unspecified atom stereocenters. The van der Waals surface area contributed by atoms with Gasteiger partial charge in [0.05, 0.1) is 41.7 Å². The Morgan fingerprint density at radius 1 is 1.17 bits per heavy atom. The van der Waals surface area contributed by atoms with E-state index in [4.69, 9.17) is 19.7 Å². The first-order valence-electron chi connectivity index (χ1n) is 11.8. The summed E-state index contributed by atoms with van der Waals surface area (Å²) >= 11 is 0. The quantitative estimate of drug-likeness (QED) is 0.417. The molecular weight excluding hydrogens is 480 g/mol. The molecule has 0 saturated carbocycles. The lowest BCUT2D eigenvalue weighted by Gasteiger charge is -2.34. The van der Waals surface area contributed by atoms with Gasteiger partial charge in [-0.15, -0.1) is 0 Å². The van der Waals surface area contributed by atoms with E-state index in [1.54, 1.807) is 0 Å². The number of ether oxygens (including phenoxy) is 1. The highest BCUT2D eigenvalue weighted by Crippen LogP contribution is 2.32. The zero-order chi connectivity index (χ0) is 25.6. The fourth-order valence-corrected chi connectivity index (χ4v) is 5.37. The molecule has 12 heteroatoms. The third-order valence-electron chi connectivity index (χ3n) is 6.34. The Morgan fingerprint density at radius 2 is 1.94 bits per heavy atom. The molecule has 5 rings (SSSR count). The summed E-state index contributed by atoms with van der Waals surface area (Å²) < 4.78 is 33.1. The average Bonchev–Trinajstić information content (AvgIpc) is 3.34. The average molecular weight is 511 g/mol. The topological polar surface area (TPSA) is 120 Å². The minimum atomic E-state index is -3.27. The molecular formula is C24H30N8O3S. The van der Waals surface area contributed by atoms with Gasteiger partial charge in [-0.1, -0.05) is 12.1 Å². The van der Waals surface area contributed by atoms with Crippen LogP contribution < -0.4 is 10.2 Å². The summed E-state index contributed by atoms with van der Waals surface area (Å²) in [6, 6.07) is 9.92. The van der Waals surface area contributed by atoms with Crippen molar-refractivity contribution in [3.63, 3.8) is 0 Å². The molecule has 190 valence electrons. The van der Waals surface area contributed by atoms with E-state index in [9.17, 15) is 8.42 Å². The number of aromatic nitrogens is 6. The molecule has 11 nitrogen and oxygen atoms in total. The first-order chi connectivity index (χ1) is 17.2. The normalized spacial score (nSPS) is 16.6. The van der Waals surface area contributed by atoms with E-state index < -0.39 is 9.84 Å². The minimum Gasteiger partial charge on any atom is -0.377 e. The number of rotatable bonds is 6. The molecule has 1 aromatic carbocycles. The lowest BCUT2D eigenvalue weighted by Crippen LogP contribution is -2.44. The second kappa shape index (κ2) is 9.17. The number of nitrogens with one attached hydrogen (secondary N) is 1. The number of nitrogens with zero attached hydrogens (tertiary/aromatic N) is 7. The summed E-state index contributed by atoms with van der Waals surface area (Å²) in [6.07, 6.45) is 1.20. The molecule has 0 amide bonds. The molecule has 0 radical (unpaired) electrons. The van der Waals surface area contributed by atoms with Gasteiger partial charge >= 0.3 is 0 Å². The molecule has 0 aliphatic carbocycles. The predicted octanol–water partition coefficient (Wildman–Crippen LogP) is 2.56. The largest absolute Gasteiger partial charge is 0.377 e. The third-order valence-corrected chi connectivity index (χ3v) is 7.06. The number of hydrogen-bond acceptors (Lipinski definition) is 9. The molecule has 3 aromatic heterocycles. The van der Waals surface area contributed by atoms with Crippen LogP contribution in [0.25, 0.3) is 28.2 Å². The maximum absolute atomic E-state index is 12.0. The van der Waals surface area contributed by atoms with Gasteiger partial charge in [-0.05, 0) is 32.9 Å². The highest BCUT2D eigenvalue weighted by atomic mass is 32.2. The Bertz CT molecular complexity index is 1540. The Kier molecular flexibility index (Phi) is 6.17. The number of aryl methyl sites for hydroxylation is 1. The zero-order valence-corrected chi connectivity index (χ0v) is 21.9. The number of fused-ring (bicyclic) bond motifs is 1. The second-order valence-electron chi connectivity index (χ2n) is 9.14. The molecule has 1 aliphatic rings. The lowest BCUT2D eigenvalue weighted by atomic mass is 10.1. The van der Waals surface area contributed by atoms with Crippen LogP contribution in [-0.2, 0) is 20.5 Å². The number of imidazole rings is 1. The van der Waals surface area contributed by atoms with Gasteiger partial charge in [0.15, 0.2) is 9.84 Å². The summed E-state index contributed by atoms with van der Waals surface area (Å²) in [4.78, 5) is 16.9. The number of anilines is 2. The van der Waals surface area contributed by atoms with Crippen molar-refractivity contribution in [3.8, 4) is 17.2 Å². The van der Waals surface area contributed by atoms with Crippen molar-refractivity contribution in [2.45, 2.75) is 32.7 Å². The fourth-order valence-electron chi connectivity index (χ4n) is 4.68. The van der Waals surface area contributed by atoms with Gasteiger partial charge in [0.2, 0.25) is 11.9 Å². The highest BCUT2D eigenvalue weighted by Gasteiger charge is 2.25. The van der Waals surface area contributed by atoms with E-state index in [1.165, 1.54) is 10.9 Å². The van der Waals surface area contributed by atoms with Crippen LogP contribution in [-0.4, -0.2) is 76.8 Å². The Balaban J connectivity index is 1.75. The summed E-state index contributed by atoms with van der Waals surface area (Å²) in [7, 11) is -1.45. The van der Waals surface area contributed by atoms with Crippen LogP contribution in [0.4, 0.5) is 11.8 Å². The van der Waals surface area contributed by atoms with Gasteiger partial charge in [0.1, 0.15) is 11.7 Å². The molecule has 0 spiro atoms. The summed E-state index contributed by atoms with van der Waals surface area (Å²) in [5, 5.41) is 7.68. The van der Waals surface area contributed by atoms with Gasteiger partial charge in [0.25, 0.3) is 0 Å². The van der Waals surface area contributed by atoms with Gasteiger partial charge in [-0.25, -0.2) is 23.0 Å². The van der Waals surface area contributed by atoms with Gasteiger partial charge in [0, 0.05) is 37.2 Å². The molecule has 1 atom stereocenters. The summed E-state index contributed by atoms with van der Waals surface area (Å²) in [6.45, 7) is 7.75. The number of benzene rings is 1. The van der Waals surface area contributed by atoms with Crippen LogP contribution in [0.1, 0.15) is 18.3 Å². The summed E-state index contributed by atoms with van der Waals surface area (Å²) in [5.41, 5.74) is 4.59. The van der Waals surface area contributed by atoms with Crippen molar-refractivity contribution in [3.05, 3.63) is 41.7 Å². The maximum Gasteiger partial charge on any atom is 0.239 e. The Morgan fingerprint density at radius 3 is 2.67 bits per heavy atom. The van der Waals surface area contributed by atoms with E-state index >= 15 is 0 Å². The lowest BCUT2D eigenvalue weighted by molar-refractivity contribution is 0.0985. The third kappa shape index (κ3) is 4.42. The van der Waals surface area contributed by atoms with E-state index in [-0.39, 0.29) is 11.9 Å². The van der Waals surface area contributed by atoms with E-state index in [0.717, 1.165) is 28.1 Å².